The summed E-state index contributed by atoms with van der Waals surface area (Å²) in [5.41, 5.74) is -0.367. The van der Waals surface area contributed by atoms with E-state index >= 15 is 0 Å². The van der Waals surface area contributed by atoms with Gasteiger partial charge in [0.15, 0.2) is 0 Å². The van der Waals surface area contributed by atoms with Gasteiger partial charge in [0.05, 0.1) is 0 Å². The lowest BCUT2D eigenvalue weighted by molar-refractivity contribution is 0.142. The van der Waals surface area contributed by atoms with Crippen molar-refractivity contribution in [2.45, 2.75) is 16.7 Å². The number of halogens is 4. The second-order valence-electron chi connectivity index (χ2n) is 2.60. The summed E-state index contributed by atoms with van der Waals surface area (Å²) in [4.78, 5) is 2.73. The molecule has 0 amide bonds. The van der Waals surface area contributed by atoms with Crippen molar-refractivity contribution >= 4 is 35.7 Å². The van der Waals surface area contributed by atoms with Crippen LogP contribution in [0.25, 0.3) is 0 Å². The van der Waals surface area contributed by atoms with Gasteiger partial charge in [-0.05, 0) is 11.6 Å². The van der Waals surface area contributed by atoms with Crippen LogP contribution >= 0.6 is 26.6 Å². The van der Waals surface area contributed by atoms with Crippen molar-refractivity contribution in [1.82, 2.24) is 4.98 Å². The standard InChI is InChI=1S/C7H5BrClF2NO2S/c8-2-4-1-5(15(9,13)14)6(7(10)11)12-3-4/h1,3,7H,2H2. The summed E-state index contributed by atoms with van der Waals surface area (Å²) < 4.78 is 46.8. The molecule has 1 rings (SSSR count). The highest BCUT2D eigenvalue weighted by Gasteiger charge is 2.23. The molecule has 0 spiro atoms. The molecule has 0 bridgehead atoms. The highest BCUT2D eigenvalue weighted by molar-refractivity contribution is 9.08. The van der Waals surface area contributed by atoms with Gasteiger partial charge < -0.3 is 0 Å². The van der Waals surface area contributed by atoms with E-state index < -0.39 is 26.1 Å². The molecular formula is C7H5BrClF2NO2S. The third kappa shape index (κ3) is 3.09. The van der Waals surface area contributed by atoms with Crippen LogP contribution in [0, 0.1) is 0 Å². The van der Waals surface area contributed by atoms with Gasteiger partial charge in [0.25, 0.3) is 15.5 Å². The molecule has 15 heavy (non-hydrogen) atoms. The summed E-state index contributed by atoms with van der Waals surface area (Å²) in [6.07, 6.45) is -1.81. The Morgan fingerprint density at radius 1 is 1.53 bits per heavy atom. The molecule has 1 aromatic heterocycles. The van der Waals surface area contributed by atoms with Crippen LogP contribution in [0.4, 0.5) is 8.78 Å². The van der Waals surface area contributed by atoms with Crippen LogP contribution in [-0.4, -0.2) is 13.4 Å². The van der Waals surface area contributed by atoms with Crippen molar-refractivity contribution in [1.29, 1.82) is 0 Å². The van der Waals surface area contributed by atoms with Gasteiger partial charge in [-0.2, -0.15) is 0 Å². The Balaban J connectivity index is 3.43. The molecule has 1 aromatic rings. The molecule has 3 nitrogen and oxygen atoms in total. The summed E-state index contributed by atoms with van der Waals surface area (Å²) in [5.74, 6) is 0. The Kier molecular flexibility index (Phi) is 4.02. The zero-order chi connectivity index (χ0) is 11.6. The van der Waals surface area contributed by atoms with Crippen LogP contribution in [0.5, 0.6) is 0 Å². The fourth-order valence-electron chi connectivity index (χ4n) is 0.928. The first-order valence-corrected chi connectivity index (χ1v) is 7.07. The van der Waals surface area contributed by atoms with Crippen molar-refractivity contribution in [2.24, 2.45) is 0 Å². The van der Waals surface area contributed by atoms with Gasteiger partial charge in [0, 0.05) is 22.2 Å². The average molecular weight is 321 g/mol. The van der Waals surface area contributed by atoms with Crippen LogP contribution in [-0.2, 0) is 14.4 Å². The lowest BCUT2D eigenvalue weighted by atomic mass is 10.3. The summed E-state index contributed by atoms with van der Waals surface area (Å²) in [5, 5.41) is 0.308. The summed E-state index contributed by atoms with van der Waals surface area (Å²) in [6, 6.07) is 1.07. The zero-order valence-electron chi connectivity index (χ0n) is 7.12. The Morgan fingerprint density at radius 3 is 2.53 bits per heavy atom. The first kappa shape index (κ1) is 12.8. The minimum absolute atomic E-state index is 0.308. The molecule has 0 saturated heterocycles. The third-order valence-electron chi connectivity index (χ3n) is 1.56. The van der Waals surface area contributed by atoms with Gasteiger partial charge in [-0.3, -0.25) is 4.98 Å². The molecule has 8 heteroatoms. The van der Waals surface area contributed by atoms with Gasteiger partial charge >= 0.3 is 0 Å². The first-order valence-electron chi connectivity index (χ1n) is 3.64. The highest BCUT2D eigenvalue weighted by atomic mass is 79.9. The number of alkyl halides is 3. The third-order valence-corrected chi connectivity index (χ3v) is 3.56. The Hall–Kier alpha value is -0.270. The summed E-state index contributed by atoms with van der Waals surface area (Å²) in [6.45, 7) is 0. The molecule has 0 N–H and O–H groups in total. The van der Waals surface area contributed by atoms with Crippen molar-refractivity contribution in [3.63, 3.8) is 0 Å². The zero-order valence-corrected chi connectivity index (χ0v) is 10.3. The second kappa shape index (κ2) is 4.71. The first-order chi connectivity index (χ1) is 6.86. The molecule has 0 saturated carbocycles. The van der Waals surface area contributed by atoms with Gasteiger partial charge in [0.2, 0.25) is 0 Å². The average Bonchev–Trinajstić information content (AvgIpc) is 2.15. The Labute approximate surface area is 98.0 Å². The van der Waals surface area contributed by atoms with Crippen LogP contribution in [0.2, 0.25) is 0 Å². The fourth-order valence-corrected chi connectivity index (χ4v) is 2.29. The van der Waals surface area contributed by atoms with E-state index in [4.69, 9.17) is 10.7 Å². The minimum atomic E-state index is -4.20. The van der Waals surface area contributed by atoms with Crippen molar-refractivity contribution in [2.75, 3.05) is 0 Å². The Morgan fingerprint density at radius 2 is 2.13 bits per heavy atom. The lowest BCUT2D eigenvalue weighted by Crippen LogP contribution is -2.02. The van der Waals surface area contributed by atoms with E-state index in [9.17, 15) is 17.2 Å². The van der Waals surface area contributed by atoms with E-state index in [1.807, 2.05) is 0 Å². The molecule has 0 aliphatic heterocycles. The van der Waals surface area contributed by atoms with Crippen molar-refractivity contribution < 1.29 is 17.2 Å². The minimum Gasteiger partial charge on any atom is -0.254 e. The number of hydrogen-bond acceptors (Lipinski definition) is 3. The van der Waals surface area contributed by atoms with Crippen LogP contribution in [0.15, 0.2) is 17.2 Å². The number of pyridine rings is 1. The van der Waals surface area contributed by atoms with Crippen LogP contribution < -0.4 is 0 Å². The monoisotopic (exact) mass is 319 g/mol. The lowest BCUT2D eigenvalue weighted by Gasteiger charge is -2.06. The summed E-state index contributed by atoms with van der Waals surface area (Å²) in [7, 11) is 0.818. The SMILES string of the molecule is O=S(=O)(Cl)c1cc(CBr)cnc1C(F)F. The van der Waals surface area contributed by atoms with Gasteiger partial charge in [0.1, 0.15) is 10.6 Å². The van der Waals surface area contributed by atoms with E-state index in [-0.39, 0.29) is 0 Å². The molecule has 0 radical (unpaired) electrons. The maximum absolute atomic E-state index is 12.4. The summed E-state index contributed by atoms with van der Waals surface area (Å²) >= 11 is 3.05. The molecule has 0 aliphatic carbocycles. The molecule has 1 heterocycles. The van der Waals surface area contributed by atoms with Crippen molar-refractivity contribution in [3.05, 3.63) is 23.5 Å². The smallest absolute Gasteiger partial charge is 0.254 e. The van der Waals surface area contributed by atoms with E-state index in [2.05, 4.69) is 20.9 Å². The highest BCUT2D eigenvalue weighted by Crippen LogP contribution is 2.27. The van der Waals surface area contributed by atoms with E-state index in [1.165, 1.54) is 6.20 Å². The molecule has 0 atom stereocenters. The predicted octanol–water partition coefficient (Wildman–Crippen LogP) is 2.84. The normalized spacial score (nSPS) is 12.1. The van der Waals surface area contributed by atoms with Gasteiger partial charge in [-0.1, -0.05) is 15.9 Å². The molecule has 0 fully saturated rings. The topological polar surface area (TPSA) is 47.0 Å². The second-order valence-corrected chi connectivity index (χ2v) is 5.69. The number of rotatable bonds is 3. The largest absolute Gasteiger partial charge is 0.281 e. The van der Waals surface area contributed by atoms with Crippen LogP contribution in [0.1, 0.15) is 17.7 Å². The maximum Gasteiger partial charge on any atom is 0.281 e. The van der Waals surface area contributed by atoms with Gasteiger partial charge in [-0.15, -0.1) is 0 Å². The van der Waals surface area contributed by atoms with E-state index in [0.717, 1.165) is 6.07 Å². The fraction of sp³-hybridized carbons (Fsp3) is 0.286. The molecule has 0 unspecified atom stereocenters. The maximum atomic E-state index is 12.4. The van der Waals surface area contributed by atoms with E-state index in [0.29, 0.717) is 10.9 Å². The number of aromatic nitrogens is 1. The number of nitrogens with zero attached hydrogens (tertiary/aromatic N) is 1. The Bertz CT molecular complexity index is 466. The molecular weight excluding hydrogens is 316 g/mol. The molecule has 84 valence electrons. The predicted molar refractivity (Wildman–Crippen MR) is 54.9 cm³/mol. The quantitative estimate of drug-likeness (QED) is 0.635. The number of hydrogen-bond donors (Lipinski definition) is 0. The van der Waals surface area contributed by atoms with Crippen LogP contribution in [0.3, 0.4) is 0 Å². The molecule has 0 aromatic carbocycles. The van der Waals surface area contributed by atoms with Gasteiger partial charge in [-0.25, -0.2) is 17.2 Å². The van der Waals surface area contributed by atoms with E-state index in [1.54, 1.807) is 0 Å². The van der Waals surface area contributed by atoms with Crippen molar-refractivity contribution in [3.8, 4) is 0 Å². The molecule has 0 aliphatic rings.